The predicted molar refractivity (Wildman–Crippen MR) is 99.8 cm³/mol. The molecule has 1 atom stereocenters. The van der Waals surface area contributed by atoms with Crippen LogP contribution < -0.4 is 5.69 Å². The Hall–Kier alpha value is -2.40. The first-order valence-corrected chi connectivity index (χ1v) is 8.98. The molecule has 1 fully saturated rings. The number of pyridine rings is 1. The van der Waals surface area contributed by atoms with E-state index in [4.69, 9.17) is 0 Å². The normalized spacial score (nSPS) is 18.4. The fraction of sp³-hybridized carbons (Fsp3) is 0.400. The number of fused-ring (bicyclic) bond motifs is 1. The topological polar surface area (TPSA) is 53.9 Å². The molecule has 4 rings (SSSR count). The minimum atomic E-state index is -0.0539. The van der Waals surface area contributed by atoms with Gasteiger partial charge in [-0.1, -0.05) is 38.1 Å². The first-order valence-electron chi connectivity index (χ1n) is 8.98. The summed E-state index contributed by atoms with van der Waals surface area (Å²) in [6, 6.07) is 12.8. The van der Waals surface area contributed by atoms with Crippen LogP contribution in [-0.4, -0.2) is 32.5 Å². The van der Waals surface area contributed by atoms with Crippen molar-refractivity contribution >= 4 is 11.2 Å². The van der Waals surface area contributed by atoms with Crippen molar-refractivity contribution < 1.29 is 0 Å². The van der Waals surface area contributed by atoms with Crippen LogP contribution in [0.4, 0.5) is 0 Å². The van der Waals surface area contributed by atoms with Crippen LogP contribution in [0.3, 0.4) is 0 Å². The van der Waals surface area contributed by atoms with E-state index in [0.717, 1.165) is 37.2 Å². The van der Waals surface area contributed by atoms with E-state index >= 15 is 0 Å². The van der Waals surface area contributed by atoms with Crippen molar-refractivity contribution in [1.82, 2.24) is 19.4 Å². The number of rotatable bonds is 4. The summed E-state index contributed by atoms with van der Waals surface area (Å²) in [6.45, 7) is 7.25. The molecule has 1 aromatic carbocycles. The third kappa shape index (κ3) is 3.12. The van der Waals surface area contributed by atoms with Crippen LogP contribution in [0.1, 0.15) is 43.4 Å². The second-order valence-electron chi connectivity index (χ2n) is 7.25. The average Bonchev–Trinajstić information content (AvgIpc) is 3.18. The third-order valence-corrected chi connectivity index (χ3v) is 5.14. The van der Waals surface area contributed by atoms with Crippen molar-refractivity contribution in [3.63, 3.8) is 0 Å². The Bertz CT molecular complexity index is 923. The molecule has 0 bridgehead atoms. The summed E-state index contributed by atoms with van der Waals surface area (Å²) < 4.78 is 1.83. The zero-order valence-corrected chi connectivity index (χ0v) is 14.8. The number of imidazole rings is 1. The minimum Gasteiger partial charge on any atom is -0.304 e. The zero-order chi connectivity index (χ0) is 17.4. The number of hydrogen-bond donors (Lipinski definition) is 1. The van der Waals surface area contributed by atoms with Gasteiger partial charge in [0.05, 0.1) is 11.6 Å². The Balaban J connectivity index is 1.49. The fourth-order valence-electron chi connectivity index (χ4n) is 3.73. The number of H-pyrrole nitrogens is 1. The summed E-state index contributed by atoms with van der Waals surface area (Å²) in [5, 5.41) is 0. The monoisotopic (exact) mass is 336 g/mol. The van der Waals surface area contributed by atoms with Gasteiger partial charge in [-0.05, 0) is 35.6 Å². The summed E-state index contributed by atoms with van der Waals surface area (Å²) in [7, 11) is 0. The van der Waals surface area contributed by atoms with Crippen LogP contribution in [0.25, 0.3) is 11.2 Å². The van der Waals surface area contributed by atoms with Gasteiger partial charge >= 0.3 is 5.69 Å². The number of benzene rings is 1. The van der Waals surface area contributed by atoms with Gasteiger partial charge in [0.2, 0.25) is 0 Å². The lowest BCUT2D eigenvalue weighted by molar-refractivity contribution is 0.316. The fourth-order valence-corrected chi connectivity index (χ4v) is 3.73. The van der Waals surface area contributed by atoms with Gasteiger partial charge in [0, 0.05) is 25.8 Å². The summed E-state index contributed by atoms with van der Waals surface area (Å²) >= 11 is 0. The molecule has 3 heterocycles. The van der Waals surface area contributed by atoms with Crippen LogP contribution in [0.15, 0.2) is 47.4 Å². The van der Waals surface area contributed by atoms with Crippen LogP contribution in [0.2, 0.25) is 0 Å². The van der Waals surface area contributed by atoms with Crippen LogP contribution >= 0.6 is 0 Å². The Morgan fingerprint density at radius 2 is 2.04 bits per heavy atom. The molecule has 0 spiro atoms. The number of nitrogens with zero attached hydrogens (tertiary/aromatic N) is 3. The van der Waals surface area contributed by atoms with Crippen LogP contribution in [0.5, 0.6) is 0 Å². The lowest BCUT2D eigenvalue weighted by Crippen LogP contribution is -2.26. The van der Waals surface area contributed by atoms with Gasteiger partial charge in [0.1, 0.15) is 0 Å². The highest BCUT2D eigenvalue weighted by molar-refractivity contribution is 5.70. The average molecular weight is 336 g/mol. The Morgan fingerprint density at radius 3 is 2.80 bits per heavy atom. The molecule has 1 aliphatic heterocycles. The van der Waals surface area contributed by atoms with Crippen molar-refractivity contribution in [2.24, 2.45) is 0 Å². The van der Waals surface area contributed by atoms with E-state index in [1.165, 1.54) is 11.1 Å². The molecule has 0 aliphatic carbocycles. The predicted octanol–water partition coefficient (Wildman–Crippen LogP) is 3.30. The Kier molecular flexibility index (Phi) is 4.17. The molecule has 5 heteroatoms. The third-order valence-electron chi connectivity index (χ3n) is 5.14. The van der Waals surface area contributed by atoms with Gasteiger partial charge < -0.3 is 4.98 Å². The van der Waals surface area contributed by atoms with E-state index in [1.807, 2.05) is 16.7 Å². The van der Waals surface area contributed by atoms with Crippen molar-refractivity contribution in [3.05, 3.63) is 64.2 Å². The zero-order valence-electron chi connectivity index (χ0n) is 14.8. The van der Waals surface area contributed by atoms with E-state index in [2.05, 4.69) is 53.0 Å². The first-order chi connectivity index (χ1) is 12.1. The molecule has 1 aliphatic rings. The lowest BCUT2D eigenvalue weighted by Gasteiger charge is -2.17. The molecule has 1 N–H and O–H groups in total. The van der Waals surface area contributed by atoms with E-state index in [1.54, 1.807) is 6.20 Å². The van der Waals surface area contributed by atoms with Crippen molar-refractivity contribution in [2.75, 3.05) is 13.1 Å². The molecule has 0 amide bonds. The largest absolute Gasteiger partial charge is 0.327 e. The molecule has 25 heavy (non-hydrogen) atoms. The maximum Gasteiger partial charge on any atom is 0.327 e. The highest BCUT2D eigenvalue weighted by atomic mass is 16.1. The second kappa shape index (κ2) is 6.48. The van der Waals surface area contributed by atoms with Gasteiger partial charge in [0.25, 0.3) is 0 Å². The highest BCUT2D eigenvalue weighted by Crippen LogP contribution is 2.25. The minimum absolute atomic E-state index is 0.0539. The number of nitrogens with one attached hydrogen (secondary N) is 1. The maximum absolute atomic E-state index is 12.3. The number of aromatic nitrogens is 3. The van der Waals surface area contributed by atoms with Crippen molar-refractivity contribution in [3.8, 4) is 0 Å². The molecular formula is C20H24N4O. The molecule has 3 aromatic rings. The maximum atomic E-state index is 12.3. The summed E-state index contributed by atoms with van der Waals surface area (Å²) in [6.07, 6.45) is 2.72. The Labute approximate surface area is 147 Å². The number of aromatic amines is 1. The molecule has 5 nitrogen and oxygen atoms in total. The van der Waals surface area contributed by atoms with Crippen molar-refractivity contribution in [2.45, 2.75) is 38.8 Å². The summed E-state index contributed by atoms with van der Waals surface area (Å²) in [5.74, 6) is 0.562. The van der Waals surface area contributed by atoms with Crippen LogP contribution in [0, 0.1) is 0 Å². The first kappa shape index (κ1) is 16.1. The highest BCUT2D eigenvalue weighted by Gasteiger charge is 2.27. The molecule has 2 aromatic heterocycles. The molecule has 0 saturated carbocycles. The molecule has 0 unspecified atom stereocenters. The molecule has 1 saturated heterocycles. The quantitative estimate of drug-likeness (QED) is 0.795. The van der Waals surface area contributed by atoms with E-state index in [0.29, 0.717) is 5.92 Å². The lowest BCUT2D eigenvalue weighted by atomic mass is 10.0. The van der Waals surface area contributed by atoms with E-state index in [9.17, 15) is 4.79 Å². The van der Waals surface area contributed by atoms with Gasteiger partial charge in [-0.25, -0.2) is 9.78 Å². The number of hydrogen-bond acceptors (Lipinski definition) is 3. The Morgan fingerprint density at radius 1 is 1.24 bits per heavy atom. The van der Waals surface area contributed by atoms with Gasteiger partial charge in [-0.15, -0.1) is 0 Å². The molecular weight excluding hydrogens is 312 g/mol. The molecule has 0 radical (unpaired) electrons. The van der Waals surface area contributed by atoms with Crippen molar-refractivity contribution in [1.29, 1.82) is 0 Å². The smallest absolute Gasteiger partial charge is 0.304 e. The molecule has 130 valence electrons. The standard InChI is InChI=1S/C20H24N4O/c1-14(2)16-7-5-15(6-8-16)12-23-11-9-17(13-23)24-19-18(22-20(24)25)4-3-10-21-19/h3-8,10,14,17H,9,11-13H2,1-2H3,(H,22,25)/t17-/m1/s1. The van der Waals surface area contributed by atoms with Gasteiger partial charge in [0.15, 0.2) is 5.65 Å². The van der Waals surface area contributed by atoms with E-state index < -0.39 is 0 Å². The van der Waals surface area contributed by atoms with Gasteiger partial charge in [-0.3, -0.25) is 9.47 Å². The summed E-state index contributed by atoms with van der Waals surface area (Å²) in [4.78, 5) is 22.1. The number of likely N-dealkylation sites (tertiary alicyclic amines) is 1. The summed E-state index contributed by atoms with van der Waals surface area (Å²) in [5.41, 5.74) is 4.23. The van der Waals surface area contributed by atoms with Crippen LogP contribution in [-0.2, 0) is 6.54 Å². The second-order valence-corrected chi connectivity index (χ2v) is 7.25. The van der Waals surface area contributed by atoms with Gasteiger partial charge in [-0.2, -0.15) is 0 Å². The van der Waals surface area contributed by atoms with E-state index in [-0.39, 0.29) is 11.7 Å². The SMILES string of the molecule is CC(C)c1ccc(CN2CC[C@@H](n3c(=O)[nH]c4cccnc43)C2)cc1.